The minimum Gasteiger partial charge on any atom is -0.507 e. The van der Waals surface area contributed by atoms with Crippen molar-refractivity contribution in [3.05, 3.63) is 52.5 Å². The van der Waals surface area contributed by atoms with Crippen molar-refractivity contribution in [3.8, 4) is 28.4 Å². The average Bonchev–Trinajstić information content (AvgIpc) is 2.99. The summed E-state index contributed by atoms with van der Waals surface area (Å²) in [6.07, 6.45) is 1.34. The fourth-order valence-corrected chi connectivity index (χ4v) is 4.89. The SMILES string of the molecule is C=CC(=O)N1CCN2Cc3cc(OCCOC)c(-c4c(O)cccc4Cl)c(Cl)c3OC[C@H]2C1. The number of carbonyl (C=O) groups excluding carboxylic acids is 1. The van der Waals surface area contributed by atoms with Crippen LogP contribution in [-0.2, 0) is 16.1 Å². The summed E-state index contributed by atoms with van der Waals surface area (Å²) in [5.41, 5.74) is 1.72. The van der Waals surface area contributed by atoms with E-state index in [-0.39, 0.29) is 17.7 Å². The van der Waals surface area contributed by atoms with Gasteiger partial charge in [-0.15, -0.1) is 0 Å². The lowest BCUT2D eigenvalue weighted by Crippen LogP contribution is -2.55. The van der Waals surface area contributed by atoms with Crippen molar-refractivity contribution < 1.29 is 24.1 Å². The number of hydrogen-bond acceptors (Lipinski definition) is 6. The molecule has 33 heavy (non-hydrogen) atoms. The van der Waals surface area contributed by atoms with Gasteiger partial charge in [-0.25, -0.2) is 0 Å². The first-order valence-corrected chi connectivity index (χ1v) is 11.4. The van der Waals surface area contributed by atoms with Crippen molar-refractivity contribution in [1.82, 2.24) is 9.80 Å². The number of carbonyl (C=O) groups is 1. The second-order valence-electron chi connectivity index (χ2n) is 7.95. The van der Waals surface area contributed by atoms with E-state index in [0.29, 0.717) is 78.7 Å². The van der Waals surface area contributed by atoms with Crippen LogP contribution in [-0.4, -0.2) is 73.4 Å². The first-order chi connectivity index (χ1) is 15.9. The summed E-state index contributed by atoms with van der Waals surface area (Å²) in [5.74, 6) is 0.924. The number of aromatic hydroxyl groups is 1. The Balaban J connectivity index is 1.74. The van der Waals surface area contributed by atoms with Crippen molar-refractivity contribution in [3.63, 3.8) is 0 Å². The van der Waals surface area contributed by atoms with E-state index >= 15 is 0 Å². The third-order valence-corrected chi connectivity index (χ3v) is 6.61. The molecule has 0 bridgehead atoms. The van der Waals surface area contributed by atoms with E-state index in [4.69, 9.17) is 37.4 Å². The van der Waals surface area contributed by atoms with Gasteiger partial charge in [-0.05, 0) is 24.3 Å². The number of methoxy groups -OCH3 is 1. The van der Waals surface area contributed by atoms with Gasteiger partial charge in [0.1, 0.15) is 30.5 Å². The van der Waals surface area contributed by atoms with Crippen LogP contribution in [0.4, 0.5) is 0 Å². The van der Waals surface area contributed by atoms with Crippen molar-refractivity contribution in [2.75, 3.05) is 46.6 Å². The largest absolute Gasteiger partial charge is 0.507 e. The number of phenols is 1. The molecule has 1 fully saturated rings. The van der Waals surface area contributed by atoms with Gasteiger partial charge < -0.3 is 24.2 Å². The van der Waals surface area contributed by atoms with Gasteiger partial charge in [-0.1, -0.05) is 35.8 Å². The van der Waals surface area contributed by atoms with Crippen molar-refractivity contribution >= 4 is 29.1 Å². The number of benzene rings is 2. The molecule has 2 aliphatic rings. The molecule has 0 saturated carbocycles. The van der Waals surface area contributed by atoms with E-state index in [2.05, 4.69) is 11.5 Å². The molecular formula is C24H26Cl2N2O5. The van der Waals surface area contributed by atoms with Crippen LogP contribution >= 0.6 is 23.2 Å². The number of piperazine rings is 1. The van der Waals surface area contributed by atoms with Gasteiger partial charge in [-0.2, -0.15) is 0 Å². The van der Waals surface area contributed by atoms with E-state index in [1.165, 1.54) is 6.08 Å². The van der Waals surface area contributed by atoms with Crippen LogP contribution in [0.1, 0.15) is 5.56 Å². The normalized spacial score (nSPS) is 18.0. The summed E-state index contributed by atoms with van der Waals surface area (Å²) in [6.45, 7) is 7.11. The molecule has 2 aromatic rings. The molecule has 1 N–H and O–H groups in total. The number of hydrogen-bond donors (Lipinski definition) is 1. The molecule has 0 aliphatic carbocycles. The number of fused-ring (bicyclic) bond motifs is 2. The standard InChI is InChI=1S/C24H26Cl2N2O5/c1-3-20(30)28-8-7-27-12-15-11-19(32-10-9-31-2)22(21-17(25)5-4-6-18(21)29)23(26)24(15)33-14-16(27)13-28/h3-6,11,16,29H,1,7-10,12-14H2,2H3/t16-/m1/s1. The van der Waals surface area contributed by atoms with Crippen LogP contribution in [0.3, 0.4) is 0 Å². The molecule has 1 atom stereocenters. The molecule has 0 radical (unpaired) electrons. The molecule has 7 nitrogen and oxygen atoms in total. The van der Waals surface area contributed by atoms with Crippen molar-refractivity contribution in [2.45, 2.75) is 12.6 Å². The maximum absolute atomic E-state index is 12.1. The number of rotatable bonds is 6. The Morgan fingerprint density at radius 2 is 2.12 bits per heavy atom. The molecule has 4 rings (SSSR count). The van der Waals surface area contributed by atoms with E-state index in [1.54, 1.807) is 30.2 Å². The van der Waals surface area contributed by atoms with Crippen LogP contribution in [0.15, 0.2) is 36.9 Å². The summed E-state index contributed by atoms with van der Waals surface area (Å²) in [4.78, 5) is 16.2. The Kier molecular flexibility index (Phi) is 7.34. The first kappa shape index (κ1) is 23.7. The molecule has 9 heteroatoms. The summed E-state index contributed by atoms with van der Waals surface area (Å²) in [5, 5.41) is 11.2. The minimum absolute atomic E-state index is 0.00874. The highest BCUT2D eigenvalue weighted by Crippen LogP contribution is 2.50. The van der Waals surface area contributed by atoms with E-state index in [0.717, 1.165) is 5.56 Å². The van der Waals surface area contributed by atoms with Crippen LogP contribution in [0.2, 0.25) is 10.0 Å². The Bertz CT molecular complexity index is 1040. The number of phenolic OH excluding ortho intramolecular Hbond substituents is 1. The molecule has 0 aromatic heterocycles. The topological polar surface area (TPSA) is 71.5 Å². The van der Waals surface area contributed by atoms with E-state index < -0.39 is 0 Å². The molecule has 2 aromatic carbocycles. The summed E-state index contributed by atoms with van der Waals surface area (Å²) in [7, 11) is 1.60. The molecule has 2 aliphatic heterocycles. The predicted octanol–water partition coefficient (Wildman–Crippen LogP) is 3.98. The van der Waals surface area contributed by atoms with Gasteiger partial charge in [-0.3, -0.25) is 9.69 Å². The van der Waals surface area contributed by atoms with E-state index in [1.807, 2.05) is 6.07 Å². The lowest BCUT2D eigenvalue weighted by Gasteiger charge is -2.39. The average molecular weight is 493 g/mol. The second-order valence-corrected chi connectivity index (χ2v) is 8.74. The van der Waals surface area contributed by atoms with Crippen molar-refractivity contribution in [2.24, 2.45) is 0 Å². The lowest BCUT2D eigenvalue weighted by atomic mass is 9.99. The van der Waals surface area contributed by atoms with Gasteiger partial charge in [0.15, 0.2) is 0 Å². The Labute approximate surface area is 203 Å². The Morgan fingerprint density at radius 3 is 2.85 bits per heavy atom. The minimum atomic E-state index is -0.0836. The second kappa shape index (κ2) is 10.2. The maximum Gasteiger partial charge on any atom is 0.246 e. The highest BCUT2D eigenvalue weighted by atomic mass is 35.5. The quantitative estimate of drug-likeness (QED) is 0.485. The zero-order chi connectivity index (χ0) is 23.5. The number of halogens is 2. The number of ether oxygens (including phenoxy) is 3. The van der Waals surface area contributed by atoms with Crippen molar-refractivity contribution in [1.29, 1.82) is 0 Å². The number of amides is 1. The van der Waals surface area contributed by atoms with Gasteiger partial charge in [0, 0.05) is 44.4 Å². The molecule has 2 heterocycles. The molecular weight excluding hydrogens is 467 g/mol. The predicted molar refractivity (Wildman–Crippen MR) is 127 cm³/mol. The van der Waals surface area contributed by atoms with Gasteiger partial charge in [0.05, 0.1) is 28.3 Å². The van der Waals surface area contributed by atoms with Crippen LogP contribution in [0, 0.1) is 0 Å². The monoisotopic (exact) mass is 492 g/mol. The summed E-state index contributed by atoms with van der Waals surface area (Å²) < 4.78 is 17.3. The third-order valence-electron chi connectivity index (χ3n) is 5.93. The first-order valence-electron chi connectivity index (χ1n) is 10.7. The Hall–Kier alpha value is -2.45. The molecule has 0 spiro atoms. The summed E-state index contributed by atoms with van der Waals surface area (Å²) in [6, 6.07) is 6.80. The smallest absolute Gasteiger partial charge is 0.246 e. The zero-order valence-corrected chi connectivity index (χ0v) is 19.9. The summed E-state index contributed by atoms with van der Waals surface area (Å²) >= 11 is 13.3. The van der Waals surface area contributed by atoms with Crippen LogP contribution in [0.25, 0.3) is 11.1 Å². The van der Waals surface area contributed by atoms with Crippen LogP contribution in [0.5, 0.6) is 17.2 Å². The van der Waals surface area contributed by atoms with Crippen LogP contribution < -0.4 is 9.47 Å². The fraction of sp³-hybridized carbons (Fsp3) is 0.375. The highest BCUT2D eigenvalue weighted by molar-refractivity contribution is 6.38. The van der Waals surface area contributed by atoms with Gasteiger partial charge >= 0.3 is 0 Å². The highest BCUT2D eigenvalue weighted by Gasteiger charge is 2.34. The molecule has 0 unspecified atom stereocenters. The molecule has 1 amide bonds. The van der Waals surface area contributed by atoms with Gasteiger partial charge in [0.2, 0.25) is 5.91 Å². The lowest BCUT2D eigenvalue weighted by molar-refractivity contribution is -0.129. The molecule has 176 valence electrons. The third kappa shape index (κ3) is 4.77. The molecule has 1 saturated heterocycles. The number of nitrogens with zero attached hydrogens (tertiary/aromatic N) is 2. The maximum atomic E-state index is 12.1. The van der Waals surface area contributed by atoms with E-state index in [9.17, 15) is 9.90 Å². The Morgan fingerprint density at radius 1 is 1.30 bits per heavy atom. The zero-order valence-electron chi connectivity index (χ0n) is 18.4. The fourth-order valence-electron chi connectivity index (χ4n) is 4.26. The van der Waals surface area contributed by atoms with Gasteiger partial charge in [0.25, 0.3) is 0 Å².